The molecule has 1 atom stereocenters. The molecular formula is C12H14FNO3. The molecule has 17 heavy (non-hydrogen) atoms. The molecule has 0 saturated carbocycles. The molecule has 1 aromatic rings. The highest BCUT2D eigenvalue weighted by molar-refractivity contribution is 5.97. The van der Waals surface area contributed by atoms with Crippen molar-refractivity contribution in [2.24, 2.45) is 0 Å². The second kappa shape index (κ2) is 4.95. The van der Waals surface area contributed by atoms with Crippen LogP contribution in [0.3, 0.4) is 0 Å². The lowest BCUT2D eigenvalue weighted by Crippen LogP contribution is -2.40. The van der Waals surface area contributed by atoms with Crippen molar-refractivity contribution in [3.8, 4) is 0 Å². The van der Waals surface area contributed by atoms with Crippen molar-refractivity contribution < 1.29 is 19.1 Å². The quantitative estimate of drug-likeness (QED) is 0.873. The number of likely N-dealkylation sites (N-methyl/N-ethyl adjacent to an activating group) is 1. The first-order chi connectivity index (χ1) is 7.84. The van der Waals surface area contributed by atoms with Crippen LogP contribution in [0.25, 0.3) is 0 Å². The van der Waals surface area contributed by atoms with E-state index in [9.17, 15) is 14.0 Å². The normalized spacial score (nSPS) is 12.0. The molecule has 0 fully saturated rings. The predicted molar refractivity (Wildman–Crippen MR) is 60.3 cm³/mol. The maximum atomic E-state index is 12.9. The second-order valence-electron chi connectivity index (χ2n) is 3.89. The van der Waals surface area contributed by atoms with E-state index in [4.69, 9.17) is 5.11 Å². The zero-order valence-electron chi connectivity index (χ0n) is 9.90. The van der Waals surface area contributed by atoms with Crippen molar-refractivity contribution in [2.75, 3.05) is 7.05 Å². The predicted octanol–water partition coefficient (Wildman–Crippen LogP) is 1.68. The van der Waals surface area contributed by atoms with Gasteiger partial charge in [-0.15, -0.1) is 0 Å². The lowest BCUT2D eigenvalue weighted by molar-refractivity contribution is -0.141. The SMILES string of the molecule is Cc1cc(F)ccc1C(=O)N(C)C(C)C(=O)O. The van der Waals surface area contributed by atoms with Crippen LogP contribution in [0.4, 0.5) is 4.39 Å². The highest BCUT2D eigenvalue weighted by Gasteiger charge is 2.23. The van der Waals surface area contributed by atoms with Gasteiger partial charge in [0.2, 0.25) is 0 Å². The highest BCUT2D eigenvalue weighted by Crippen LogP contribution is 2.13. The molecule has 1 aromatic carbocycles. The number of carbonyl (C=O) groups is 2. The molecule has 0 saturated heterocycles. The minimum Gasteiger partial charge on any atom is -0.480 e. The van der Waals surface area contributed by atoms with Gasteiger partial charge in [0.05, 0.1) is 0 Å². The molecule has 1 rings (SSSR count). The number of nitrogens with zero attached hydrogens (tertiary/aromatic N) is 1. The lowest BCUT2D eigenvalue weighted by atomic mass is 10.1. The summed E-state index contributed by atoms with van der Waals surface area (Å²) in [6.07, 6.45) is 0. The van der Waals surface area contributed by atoms with Gasteiger partial charge in [0.1, 0.15) is 11.9 Å². The van der Waals surface area contributed by atoms with E-state index in [1.165, 1.54) is 32.2 Å². The molecule has 92 valence electrons. The molecule has 0 aliphatic carbocycles. The van der Waals surface area contributed by atoms with Crippen molar-refractivity contribution in [2.45, 2.75) is 19.9 Å². The van der Waals surface area contributed by atoms with Gasteiger partial charge in [-0.3, -0.25) is 4.79 Å². The van der Waals surface area contributed by atoms with E-state index in [1.807, 2.05) is 0 Å². The Balaban J connectivity index is 3.00. The smallest absolute Gasteiger partial charge is 0.326 e. The molecule has 4 nitrogen and oxygen atoms in total. The number of carbonyl (C=O) groups excluding carboxylic acids is 1. The number of hydrogen-bond acceptors (Lipinski definition) is 2. The minimum atomic E-state index is -1.08. The fourth-order valence-corrected chi connectivity index (χ4v) is 1.40. The topological polar surface area (TPSA) is 57.6 Å². The van der Waals surface area contributed by atoms with Gasteiger partial charge in [-0.05, 0) is 37.6 Å². The average molecular weight is 239 g/mol. The molecule has 1 N–H and O–H groups in total. The van der Waals surface area contributed by atoms with Crippen LogP contribution in [0.5, 0.6) is 0 Å². The Morgan fingerprint density at radius 1 is 1.41 bits per heavy atom. The van der Waals surface area contributed by atoms with Crippen molar-refractivity contribution >= 4 is 11.9 Å². The number of amides is 1. The van der Waals surface area contributed by atoms with E-state index in [1.54, 1.807) is 6.92 Å². The monoisotopic (exact) mass is 239 g/mol. The molecule has 5 heteroatoms. The molecule has 1 unspecified atom stereocenters. The summed E-state index contributed by atoms with van der Waals surface area (Å²) in [6, 6.07) is 2.86. The number of aryl methyl sites for hydroxylation is 1. The van der Waals surface area contributed by atoms with Crippen LogP contribution >= 0.6 is 0 Å². The maximum absolute atomic E-state index is 12.9. The Kier molecular flexibility index (Phi) is 3.83. The molecular weight excluding hydrogens is 225 g/mol. The number of carboxylic acids is 1. The van der Waals surface area contributed by atoms with Crippen molar-refractivity contribution in [1.29, 1.82) is 0 Å². The Morgan fingerprint density at radius 2 is 2.00 bits per heavy atom. The van der Waals surface area contributed by atoms with E-state index >= 15 is 0 Å². The molecule has 0 aliphatic heterocycles. The van der Waals surface area contributed by atoms with Crippen molar-refractivity contribution in [3.63, 3.8) is 0 Å². The molecule has 0 radical (unpaired) electrons. The zero-order valence-corrected chi connectivity index (χ0v) is 9.90. The first kappa shape index (κ1) is 13.2. The number of halogens is 1. The van der Waals surface area contributed by atoms with Gasteiger partial charge in [-0.1, -0.05) is 0 Å². The molecule has 1 amide bonds. The number of aliphatic carboxylic acids is 1. The molecule has 0 heterocycles. The third-order valence-corrected chi connectivity index (χ3v) is 2.68. The van der Waals surface area contributed by atoms with Crippen LogP contribution in [-0.4, -0.2) is 35.0 Å². The molecule has 0 bridgehead atoms. The summed E-state index contributed by atoms with van der Waals surface area (Å²) in [5.41, 5.74) is 0.793. The Labute approximate surface area is 98.7 Å². The van der Waals surface area contributed by atoms with E-state index < -0.39 is 23.7 Å². The zero-order chi connectivity index (χ0) is 13.2. The molecule has 0 aromatic heterocycles. The van der Waals surface area contributed by atoms with Crippen LogP contribution in [-0.2, 0) is 4.79 Å². The maximum Gasteiger partial charge on any atom is 0.326 e. The largest absolute Gasteiger partial charge is 0.480 e. The van der Waals surface area contributed by atoms with Gasteiger partial charge in [-0.2, -0.15) is 0 Å². The van der Waals surface area contributed by atoms with Gasteiger partial charge < -0.3 is 10.0 Å². The van der Waals surface area contributed by atoms with Crippen LogP contribution in [0.2, 0.25) is 0 Å². The highest BCUT2D eigenvalue weighted by atomic mass is 19.1. The number of hydrogen-bond donors (Lipinski definition) is 1. The number of benzene rings is 1. The fourth-order valence-electron chi connectivity index (χ4n) is 1.40. The van der Waals surface area contributed by atoms with Crippen LogP contribution < -0.4 is 0 Å². The van der Waals surface area contributed by atoms with E-state index in [0.29, 0.717) is 11.1 Å². The summed E-state index contributed by atoms with van der Waals surface area (Å²) in [5.74, 6) is -1.94. The standard InChI is InChI=1S/C12H14FNO3/c1-7-6-9(13)4-5-10(7)11(15)14(3)8(2)12(16)17/h4-6,8H,1-3H3,(H,16,17). The average Bonchev–Trinajstić information content (AvgIpc) is 2.26. The number of rotatable bonds is 3. The minimum absolute atomic E-state index is 0.307. The van der Waals surface area contributed by atoms with E-state index in [-0.39, 0.29) is 0 Å². The number of carboxylic acid groups (broad SMARTS) is 1. The van der Waals surface area contributed by atoms with Gasteiger partial charge in [0.25, 0.3) is 5.91 Å². The van der Waals surface area contributed by atoms with Gasteiger partial charge >= 0.3 is 5.97 Å². The first-order valence-corrected chi connectivity index (χ1v) is 5.10. The third-order valence-electron chi connectivity index (χ3n) is 2.68. The van der Waals surface area contributed by atoms with Crippen molar-refractivity contribution in [1.82, 2.24) is 4.90 Å². The Bertz CT molecular complexity index is 459. The Morgan fingerprint density at radius 3 is 2.47 bits per heavy atom. The summed E-state index contributed by atoms with van der Waals surface area (Å²) in [5, 5.41) is 8.81. The Hall–Kier alpha value is -1.91. The summed E-state index contributed by atoms with van der Waals surface area (Å²) >= 11 is 0. The van der Waals surface area contributed by atoms with Crippen molar-refractivity contribution in [3.05, 3.63) is 35.1 Å². The van der Waals surface area contributed by atoms with Crippen LogP contribution in [0.15, 0.2) is 18.2 Å². The van der Waals surface area contributed by atoms with Gasteiger partial charge in [0.15, 0.2) is 0 Å². The summed E-state index contributed by atoms with van der Waals surface area (Å²) < 4.78 is 12.9. The van der Waals surface area contributed by atoms with Gasteiger partial charge in [-0.25, -0.2) is 9.18 Å². The van der Waals surface area contributed by atoms with Crippen LogP contribution in [0, 0.1) is 12.7 Å². The van der Waals surface area contributed by atoms with E-state index in [0.717, 1.165) is 4.90 Å². The summed E-state index contributed by atoms with van der Waals surface area (Å²) in [4.78, 5) is 23.8. The summed E-state index contributed by atoms with van der Waals surface area (Å²) in [6.45, 7) is 3.02. The fraction of sp³-hybridized carbons (Fsp3) is 0.333. The molecule has 0 aliphatic rings. The van der Waals surface area contributed by atoms with E-state index in [2.05, 4.69) is 0 Å². The second-order valence-corrected chi connectivity index (χ2v) is 3.89. The molecule has 0 spiro atoms. The van der Waals surface area contributed by atoms with Crippen LogP contribution in [0.1, 0.15) is 22.8 Å². The van der Waals surface area contributed by atoms with Gasteiger partial charge in [0, 0.05) is 12.6 Å². The third kappa shape index (κ3) is 2.81. The first-order valence-electron chi connectivity index (χ1n) is 5.10. The lowest BCUT2D eigenvalue weighted by Gasteiger charge is -2.22. The summed E-state index contributed by atoms with van der Waals surface area (Å²) in [7, 11) is 1.41.